The van der Waals surface area contributed by atoms with Crippen molar-refractivity contribution in [1.82, 2.24) is 0 Å². The van der Waals surface area contributed by atoms with Crippen LogP contribution in [0.2, 0.25) is 20.1 Å². The quantitative estimate of drug-likeness (QED) is 0.647. The van der Waals surface area contributed by atoms with Crippen molar-refractivity contribution in [1.29, 1.82) is 0 Å². The van der Waals surface area contributed by atoms with Crippen LogP contribution in [0.4, 0.5) is 0 Å². The normalized spacial score (nSPS) is 30.0. The van der Waals surface area contributed by atoms with Gasteiger partial charge in [0.05, 0.1) is 23.3 Å². The predicted octanol–water partition coefficient (Wildman–Crippen LogP) is 4.55. The second kappa shape index (κ2) is 9.46. The molecule has 0 radical (unpaired) electrons. The van der Waals surface area contributed by atoms with Gasteiger partial charge in [-0.1, -0.05) is 58.5 Å². The average molecular weight is 496 g/mol. The monoisotopic (exact) mass is 494 g/mol. The molecule has 2 N–H and O–H groups in total. The third-order valence-corrected chi connectivity index (χ3v) is 6.09. The lowest BCUT2D eigenvalue weighted by atomic mass is 9.99. The zero-order valence-corrected chi connectivity index (χ0v) is 18.4. The molecule has 0 bridgehead atoms. The molecule has 2 heterocycles. The number of ether oxygens (including phenoxy) is 4. The van der Waals surface area contributed by atoms with E-state index in [9.17, 15) is 10.2 Å². The highest BCUT2D eigenvalue weighted by atomic mass is 35.5. The Morgan fingerprint density at radius 3 is 2.03 bits per heavy atom. The molecule has 0 aliphatic carbocycles. The summed E-state index contributed by atoms with van der Waals surface area (Å²) in [6.45, 7) is -0.375. The van der Waals surface area contributed by atoms with E-state index < -0.39 is 43.6 Å². The Bertz CT molecular complexity index is 911. The van der Waals surface area contributed by atoms with Crippen LogP contribution in [0.25, 0.3) is 0 Å². The molecule has 30 heavy (non-hydrogen) atoms. The van der Waals surface area contributed by atoms with Crippen molar-refractivity contribution in [2.45, 2.75) is 37.0 Å². The summed E-state index contributed by atoms with van der Waals surface area (Å²) < 4.78 is 23.8. The molecule has 162 valence electrons. The van der Waals surface area contributed by atoms with Gasteiger partial charge in [-0.05, 0) is 24.3 Å². The lowest BCUT2D eigenvalue weighted by Gasteiger charge is -2.47. The van der Waals surface area contributed by atoms with Gasteiger partial charge in [0.1, 0.15) is 24.4 Å². The van der Waals surface area contributed by atoms with E-state index in [0.29, 0.717) is 31.2 Å². The summed E-state index contributed by atoms with van der Waals surface area (Å²) in [6.07, 6.45) is -5.13. The van der Waals surface area contributed by atoms with Gasteiger partial charge in [0, 0.05) is 21.2 Å². The lowest BCUT2D eigenvalue weighted by molar-refractivity contribution is -0.373. The number of fused-ring (bicyclic) bond motifs is 1. The third kappa shape index (κ3) is 4.59. The number of rotatable bonds is 4. The molecule has 2 aromatic carbocycles. The van der Waals surface area contributed by atoms with Gasteiger partial charge in [-0.25, -0.2) is 0 Å². The smallest absolute Gasteiger partial charge is 0.186 e. The Hall–Kier alpha value is -0.640. The fraction of sp³-hybridized carbons (Fsp3) is 0.400. The van der Waals surface area contributed by atoms with Crippen molar-refractivity contribution in [3.8, 4) is 0 Å². The van der Waals surface area contributed by atoms with Crippen LogP contribution >= 0.6 is 46.4 Å². The zero-order chi connectivity index (χ0) is 21.4. The van der Waals surface area contributed by atoms with Crippen LogP contribution in [0.15, 0.2) is 36.4 Å². The van der Waals surface area contributed by atoms with Crippen molar-refractivity contribution >= 4 is 46.4 Å². The first kappa shape index (κ1) is 22.6. The third-order valence-electron chi connectivity index (χ3n) is 4.96. The number of hydrogen-bond acceptors (Lipinski definition) is 6. The molecule has 0 amide bonds. The van der Waals surface area contributed by atoms with E-state index >= 15 is 0 Å². The van der Waals surface area contributed by atoms with Gasteiger partial charge in [0.2, 0.25) is 0 Å². The highest BCUT2D eigenvalue weighted by Gasteiger charge is 2.48. The summed E-state index contributed by atoms with van der Waals surface area (Å²) in [6, 6.07) is 9.87. The molecule has 2 saturated heterocycles. The second-order valence-corrected chi connectivity index (χ2v) is 8.64. The molecule has 2 aliphatic rings. The molecule has 2 fully saturated rings. The summed E-state index contributed by atoms with van der Waals surface area (Å²) in [4.78, 5) is 0. The standard InChI is InChI=1S/C20H18Cl4O6/c21-9-1-3-11(13(23)5-9)19-27-8-16-18(30-19)17(15(26)7-25)29-20(28-16)12-4-2-10(22)6-14(12)24/h1-6,15-20,25-26H,7-8H2/t15-,16+,17-,18-,19?,20?/m1/s1. The summed E-state index contributed by atoms with van der Waals surface area (Å²) in [5.41, 5.74) is 1.12. The summed E-state index contributed by atoms with van der Waals surface area (Å²) in [5.74, 6) is 0. The number of hydrogen-bond donors (Lipinski definition) is 2. The molecular weight excluding hydrogens is 478 g/mol. The first-order valence-electron chi connectivity index (χ1n) is 9.14. The average Bonchev–Trinajstić information content (AvgIpc) is 2.72. The molecule has 0 aromatic heterocycles. The van der Waals surface area contributed by atoms with Crippen molar-refractivity contribution in [2.75, 3.05) is 13.2 Å². The summed E-state index contributed by atoms with van der Waals surface area (Å²) >= 11 is 24.5. The molecule has 2 aliphatic heterocycles. The fourth-order valence-electron chi connectivity index (χ4n) is 3.47. The van der Waals surface area contributed by atoms with E-state index in [2.05, 4.69) is 0 Å². The van der Waals surface area contributed by atoms with Crippen LogP contribution in [0.3, 0.4) is 0 Å². The lowest BCUT2D eigenvalue weighted by Crippen LogP contribution is -2.58. The molecule has 2 aromatic rings. The Kier molecular flexibility index (Phi) is 7.11. The van der Waals surface area contributed by atoms with Crippen molar-refractivity contribution < 1.29 is 29.2 Å². The van der Waals surface area contributed by atoms with E-state index in [0.717, 1.165) is 0 Å². The van der Waals surface area contributed by atoms with Crippen molar-refractivity contribution in [2.24, 2.45) is 0 Å². The maximum atomic E-state index is 10.4. The van der Waals surface area contributed by atoms with Crippen LogP contribution in [0.5, 0.6) is 0 Å². The van der Waals surface area contributed by atoms with Gasteiger partial charge in [-0.2, -0.15) is 0 Å². The maximum Gasteiger partial charge on any atom is 0.186 e. The van der Waals surface area contributed by atoms with Crippen LogP contribution in [-0.4, -0.2) is 47.8 Å². The van der Waals surface area contributed by atoms with E-state index in [4.69, 9.17) is 65.4 Å². The number of benzene rings is 2. The minimum Gasteiger partial charge on any atom is -0.394 e. The topological polar surface area (TPSA) is 77.4 Å². The Morgan fingerprint density at radius 1 is 0.867 bits per heavy atom. The first-order valence-corrected chi connectivity index (χ1v) is 10.7. The number of aliphatic hydroxyl groups is 2. The van der Waals surface area contributed by atoms with E-state index in [1.165, 1.54) is 0 Å². The molecule has 0 saturated carbocycles. The molecule has 6 nitrogen and oxygen atoms in total. The number of aliphatic hydroxyl groups excluding tert-OH is 2. The molecule has 6 atom stereocenters. The van der Waals surface area contributed by atoms with Crippen LogP contribution < -0.4 is 0 Å². The largest absolute Gasteiger partial charge is 0.394 e. The van der Waals surface area contributed by atoms with Gasteiger partial charge in [-0.3, -0.25) is 0 Å². The SMILES string of the molecule is OC[C@@H](O)[C@H]1OC(c2ccc(Cl)cc2Cl)O[C@H]2COC(c3ccc(Cl)cc3Cl)O[C@@H]12. The second-order valence-electron chi connectivity index (χ2n) is 6.95. The van der Waals surface area contributed by atoms with Crippen LogP contribution in [0.1, 0.15) is 23.7 Å². The van der Waals surface area contributed by atoms with Gasteiger partial charge in [0.25, 0.3) is 0 Å². The Morgan fingerprint density at radius 2 is 1.47 bits per heavy atom. The molecule has 4 rings (SSSR count). The molecule has 2 unspecified atom stereocenters. The Balaban J connectivity index is 1.59. The number of halogens is 4. The summed E-state index contributed by atoms with van der Waals surface area (Å²) in [7, 11) is 0. The van der Waals surface area contributed by atoms with E-state index in [1.807, 2.05) is 0 Å². The minimum absolute atomic E-state index is 0.147. The summed E-state index contributed by atoms with van der Waals surface area (Å²) in [5, 5.41) is 21.6. The Labute approximate surface area is 193 Å². The zero-order valence-electron chi connectivity index (χ0n) is 15.4. The molecule has 0 spiro atoms. The van der Waals surface area contributed by atoms with Crippen LogP contribution in [-0.2, 0) is 18.9 Å². The fourth-order valence-corrected chi connectivity index (χ4v) is 4.47. The predicted molar refractivity (Wildman–Crippen MR) is 112 cm³/mol. The van der Waals surface area contributed by atoms with Gasteiger partial charge >= 0.3 is 0 Å². The van der Waals surface area contributed by atoms with Gasteiger partial charge in [-0.15, -0.1) is 0 Å². The van der Waals surface area contributed by atoms with E-state index in [1.54, 1.807) is 36.4 Å². The first-order chi connectivity index (χ1) is 14.4. The van der Waals surface area contributed by atoms with Crippen molar-refractivity contribution in [3.05, 3.63) is 67.6 Å². The van der Waals surface area contributed by atoms with Crippen LogP contribution in [0, 0.1) is 0 Å². The highest BCUT2D eigenvalue weighted by molar-refractivity contribution is 6.35. The highest BCUT2D eigenvalue weighted by Crippen LogP contribution is 2.42. The molecular formula is C20H18Cl4O6. The minimum atomic E-state index is -1.21. The van der Waals surface area contributed by atoms with E-state index in [-0.39, 0.29) is 6.61 Å². The van der Waals surface area contributed by atoms with Gasteiger partial charge in [0.15, 0.2) is 12.6 Å². The maximum absolute atomic E-state index is 10.4. The van der Waals surface area contributed by atoms with Gasteiger partial charge < -0.3 is 29.2 Å². The molecule has 10 heteroatoms. The van der Waals surface area contributed by atoms with Crippen molar-refractivity contribution in [3.63, 3.8) is 0 Å².